The Labute approximate surface area is 83.2 Å². The van der Waals surface area contributed by atoms with Crippen LogP contribution in [-0.2, 0) is 9.59 Å². The topological polar surface area (TPSA) is 57.6 Å². The molecule has 1 N–H and O–H groups in total. The molecule has 0 aromatic heterocycles. The fraction of sp³-hybridized carbons (Fsp3) is 0.600. The first-order chi connectivity index (χ1) is 6.61. The molecule has 1 amide bonds. The van der Waals surface area contributed by atoms with Gasteiger partial charge in [0.15, 0.2) is 0 Å². The molecule has 0 spiro atoms. The highest BCUT2D eigenvalue weighted by atomic mass is 16.4. The molecule has 0 aromatic rings. The molecule has 4 heteroatoms. The van der Waals surface area contributed by atoms with Crippen molar-refractivity contribution in [2.24, 2.45) is 5.92 Å². The Morgan fingerprint density at radius 3 is 2.71 bits per heavy atom. The molecule has 14 heavy (non-hydrogen) atoms. The summed E-state index contributed by atoms with van der Waals surface area (Å²) in [7, 11) is 1.54. The van der Waals surface area contributed by atoms with Crippen molar-refractivity contribution in [1.29, 1.82) is 0 Å². The molecule has 0 aliphatic heterocycles. The first-order valence-corrected chi connectivity index (χ1v) is 4.73. The lowest BCUT2D eigenvalue weighted by Gasteiger charge is -2.22. The van der Waals surface area contributed by atoms with Crippen LogP contribution >= 0.6 is 0 Å². The highest BCUT2D eigenvalue weighted by Gasteiger charge is 2.22. The third-order valence-corrected chi connectivity index (χ3v) is 2.37. The number of likely N-dealkylation sites (N-methyl/N-ethyl adjacent to an activating group) is 1. The SMILES string of the molecule is CN(CC(=O)O)C(=O)C1CC=CCC1. The lowest BCUT2D eigenvalue weighted by Crippen LogP contribution is -2.36. The van der Waals surface area contributed by atoms with Crippen LogP contribution in [0.15, 0.2) is 12.2 Å². The Hall–Kier alpha value is -1.32. The van der Waals surface area contributed by atoms with Gasteiger partial charge in [0.05, 0.1) is 0 Å². The van der Waals surface area contributed by atoms with E-state index in [-0.39, 0.29) is 18.4 Å². The molecule has 1 atom stereocenters. The number of amides is 1. The number of carboxylic acids is 1. The van der Waals surface area contributed by atoms with Gasteiger partial charge in [-0.3, -0.25) is 9.59 Å². The molecule has 0 radical (unpaired) electrons. The maximum Gasteiger partial charge on any atom is 0.323 e. The standard InChI is InChI=1S/C10H15NO3/c1-11(7-9(12)13)10(14)8-5-3-2-4-6-8/h2-3,8H,4-7H2,1H3,(H,12,13). The number of carboxylic acid groups (broad SMARTS) is 1. The van der Waals surface area contributed by atoms with Crippen molar-refractivity contribution in [1.82, 2.24) is 4.90 Å². The zero-order valence-corrected chi connectivity index (χ0v) is 8.27. The van der Waals surface area contributed by atoms with Crippen molar-refractivity contribution >= 4 is 11.9 Å². The van der Waals surface area contributed by atoms with Crippen LogP contribution in [0, 0.1) is 5.92 Å². The number of nitrogens with zero attached hydrogens (tertiary/aromatic N) is 1. The van der Waals surface area contributed by atoms with E-state index in [9.17, 15) is 9.59 Å². The van der Waals surface area contributed by atoms with Crippen LogP contribution in [-0.4, -0.2) is 35.5 Å². The molecule has 1 aliphatic rings. The average molecular weight is 197 g/mol. The Kier molecular flexibility index (Phi) is 3.68. The zero-order valence-electron chi connectivity index (χ0n) is 8.27. The zero-order chi connectivity index (χ0) is 10.6. The summed E-state index contributed by atoms with van der Waals surface area (Å²) in [5.41, 5.74) is 0. The summed E-state index contributed by atoms with van der Waals surface area (Å²) in [6.45, 7) is -0.209. The second-order valence-electron chi connectivity index (χ2n) is 3.57. The normalized spacial score (nSPS) is 20.5. The van der Waals surface area contributed by atoms with Crippen LogP contribution in [0.25, 0.3) is 0 Å². The van der Waals surface area contributed by atoms with Crippen LogP contribution in [0.3, 0.4) is 0 Å². The minimum absolute atomic E-state index is 0.0238. The van der Waals surface area contributed by atoms with Crippen molar-refractivity contribution in [2.45, 2.75) is 19.3 Å². The van der Waals surface area contributed by atoms with E-state index in [4.69, 9.17) is 5.11 Å². The molecule has 0 heterocycles. The second kappa shape index (κ2) is 4.79. The quantitative estimate of drug-likeness (QED) is 0.683. The summed E-state index contributed by atoms with van der Waals surface area (Å²) in [5, 5.41) is 8.52. The van der Waals surface area contributed by atoms with Gasteiger partial charge >= 0.3 is 5.97 Å². The summed E-state index contributed by atoms with van der Waals surface area (Å²) in [6, 6.07) is 0. The van der Waals surface area contributed by atoms with E-state index in [1.165, 1.54) is 11.9 Å². The van der Waals surface area contributed by atoms with E-state index in [0.717, 1.165) is 19.3 Å². The second-order valence-corrected chi connectivity index (χ2v) is 3.57. The van der Waals surface area contributed by atoms with Gasteiger partial charge in [0.2, 0.25) is 5.91 Å². The van der Waals surface area contributed by atoms with E-state index in [1.54, 1.807) is 0 Å². The number of carbonyl (C=O) groups is 2. The monoisotopic (exact) mass is 197 g/mol. The fourth-order valence-electron chi connectivity index (χ4n) is 1.61. The molecule has 0 fully saturated rings. The first kappa shape index (κ1) is 10.8. The molecule has 0 bridgehead atoms. The molecule has 1 rings (SSSR count). The number of rotatable bonds is 3. The molecular formula is C10H15NO3. The van der Waals surface area contributed by atoms with Gasteiger partial charge in [0.25, 0.3) is 0 Å². The van der Waals surface area contributed by atoms with Gasteiger partial charge in [-0.05, 0) is 19.3 Å². The van der Waals surface area contributed by atoms with Crippen molar-refractivity contribution in [3.05, 3.63) is 12.2 Å². The third-order valence-electron chi connectivity index (χ3n) is 2.37. The third kappa shape index (κ3) is 2.87. The van der Waals surface area contributed by atoms with Gasteiger partial charge in [-0.1, -0.05) is 12.2 Å². The Bertz CT molecular complexity index is 260. The molecule has 1 aliphatic carbocycles. The van der Waals surface area contributed by atoms with Gasteiger partial charge in [0, 0.05) is 13.0 Å². The summed E-state index contributed by atoms with van der Waals surface area (Å²) in [4.78, 5) is 23.3. The Morgan fingerprint density at radius 1 is 1.50 bits per heavy atom. The lowest BCUT2D eigenvalue weighted by molar-refractivity contribution is -0.145. The number of hydrogen-bond donors (Lipinski definition) is 1. The van der Waals surface area contributed by atoms with Crippen molar-refractivity contribution in [2.75, 3.05) is 13.6 Å². The van der Waals surface area contributed by atoms with Crippen LogP contribution < -0.4 is 0 Å². The highest BCUT2D eigenvalue weighted by Crippen LogP contribution is 2.19. The van der Waals surface area contributed by atoms with Gasteiger partial charge in [-0.2, -0.15) is 0 Å². The maximum atomic E-state index is 11.7. The van der Waals surface area contributed by atoms with Crippen LogP contribution in [0.2, 0.25) is 0 Å². The maximum absolute atomic E-state index is 11.7. The minimum Gasteiger partial charge on any atom is -0.480 e. The Balaban J connectivity index is 2.47. The van der Waals surface area contributed by atoms with Gasteiger partial charge in [-0.15, -0.1) is 0 Å². The molecule has 1 unspecified atom stereocenters. The summed E-state index contributed by atoms with van der Waals surface area (Å²) >= 11 is 0. The van der Waals surface area contributed by atoms with E-state index >= 15 is 0 Å². The number of allylic oxidation sites excluding steroid dienone is 2. The number of carbonyl (C=O) groups excluding carboxylic acids is 1. The molecule has 0 aromatic carbocycles. The van der Waals surface area contributed by atoms with Crippen molar-refractivity contribution in [3.8, 4) is 0 Å². The minimum atomic E-state index is -0.966. The highest BCUT2D eigenvalue weighted by molar-refractivity contribution is 5.83. The smallest absolute Gasteiger partial charge is 0.323 e. The number of aliphatic carboxylic acids is 1. The van der Waals surface area contributed by atoms with Gasteiger partial charge in [0.1, 0.15) is 6.54 Å². The van der Waals surface area contributed by atoms with Crippen molar-refractivity contribution < 1.29 is 14.7 Å². The summed E-state index contributed by atoms with van der Waals surface area (Å²) in [6.07, 6.45) is 6.53. The predicted octanol–water partition coefficient (Wildman–Crippen LogP) is 0.886. The van der Waals surface area contributed by atoms with E-state index in [0.29, 0.717) is 0 Å². The number of hydrogen-bond acceptors (Lipinski definition) is 2. The van der Waals surface area contributed by atoms with Gasteiger partial charge < -0.3 is 10.0 Å². The molecule has 78 valence electrons. The average Bonchev–Trinajstić information content (AvgIpc) is 2.17. The Morgan fingerprint density at radius 2 is 2.21 bits per heavy atom. The summed E-state index contributed by atoms with van der Waals surface area (Å²) < 4.78 is 0. The summed E-state index contributed by atoms with van der Waals surface area (Å²) in [5.74, 6) is -1.05. The van der Waals surface area contributed by atoms with Gasteiger partial charge in [-0.25, -0.2) is 0 Å². The van der Waals surface area contributed by atoms with Crippen LogP contribution in [0.4, 0.5) is 0 Å². The largest absolute Gasteiger partial charge is 0.480 e. The predicted molar refractivity (Wildman–Crippen MR) is 51.8 cm³/mol. The lowest BCUT2D eigenvalue weighted by atomic mass is 9.93. The fourth-order valence-corrected chi connectivity index (χ4v) is 1.61. The molecule has 0 saturated carbocycles. The van der Waals surface area contributed by atoms with E-state index < -0.39 is 5.97 Å². The van der Waals surface area contributed by atoms with E-state index in [2.05, 4.69) is 6.08 Å². The van der Waals surface area contributed by atoms with Crippen LogP contribution in [0.5, 0.6) is 0 Å². The molecule has 0 saturated heterocycles. The van der Waals surface area contributed by atoms with Crippen molar-refractivity contribution in [3.63, 3.8) is 0 Å². The first-order valence-electron chi connectivity index (χ1n) is 4.73. The van der Waals surface area contributed by atoms with Crippen LogP contribution in [0.1, 0.15) is 19.3 Å². The molecule has 4 nitrogen and oxygen atoms in total. The molecular weight excluding hydrogens is 182 g/mol. The van der Waals surface area contributed by atoms with E-state index in [1.807, 2.05) is 6.08 Å².